The molecule has 0 radical (unpaired) electrons. The van der Waals surface area contributed by atoms with Crippen LogP contribution in [-0.4, -0.2) is 17.1 Å². The summed E-state index contributed by atoms with van der Waals surface area (Å²) in [4.78, 5) is -0.217. The zero-order valence-corrected chi connectivity index (χ0v) is 14.6. The van der Waals surface area contributed by atoms with Crippen LogP contribution in [0.1, 0.15) is 33.3 Å². The van der Waals surface area contributed by atoms with Crippen LogP contribution in [0, 0.1) is 6.92 Å². The number of rotatable bonds is 7. The predicted molar refractivity (Wildman–Crippen MR) is 88.1 cm³/mol. The van der Waals surface area contributed by atoms with E-state index in [4.69, 9.17) is 20.6 Å². The van der Waals surface area contributed by atoms with E-state index in [1.807, 2.05) is 31.2 Å². The summed E-state index contributed by atoms with van der Waals surface area (Å²) in [5.41, 5.74) is 4.62. The molecule has 0 bridgehead atoms. The van der Waals surface area contributed by atoms with Gasteiger partial charge in [-0.2, -0.15) is 5.10 Å². The quantitative estimate of drug-likeness (QED) is 0.435. The zero-order chi connectivity index (χ0) is 16.0. The van der Waals surface area contributed by atoms with Crippen molar-refractivity contribution in [3.8, 4) is 0 Å². The van der Waals surface area contributed by atoms with E-state index in [2.05, 4.69) is 10.5 Å². The Morgan fingerprint density at radius 2 is 1.62 bits per heavy atom. The number of nitrogens with zero attached hydrogens (tertiary/aromatic N) is 1. The Labute approximate surface area is 131 Å². The first-order chi connectivity index (χ1) is 9.73. The number of hydrazone groups is 1. The Balaban J connectivity index is 2.88. The van der Waals surface area contributed by atoms with Crippen LogP contribution in [0.25, 0.3) is 0 Å². The Hall–Kier alpha value is -0.870. The van der Waals surface area contributed by atoms with Crippen molar-refractivity contribution in [2.75, 3.05) is 5.43 Å². The fraction of sp³-hybridized carbons (Fsp3) is 0.500. The second kappa shape index (κ2) is 7.95. The molecule has 0 saturated heterocycles. The lowest BCUT2D eigenvalue weighted by Crippen LogP contribution is -2.12. The van der Waals surface area contributed by atoms with Crippen LogP contribution in [-0.2, 0) is 13.6 Å². The molecule has 0 saturated carbocycles. The second-order valence-corrected chi connectivity index (χ2v) is 7.63. The third-order valence-electron chi connectivity index (χ3n) is 2.25. The van der Waals surface area contributed by atoms with Crippen LogP contribution < -0.4 is 5.43 Å². The zero-order valence-electron chi connectivity index (χ0n) is 13.0. The van der Waals surface area contributed by atoms with Gasteiger partial charge in [0.15, 0.2) is 0 Å². The van der Waals surface area contributed by atoms with E-state index in [1.165, 1.54) is 0 Å². The molecule has 21 heavy (non-hydrogen) atoms. The second-order valence-electron chi connectivity index (χ2n) is 5.16. The SMILES string of the molecule is Cc1ccc(NN=C(Cl)P(=O)(OC(C)C)OC(C)C)cc1. The average Bonchev–Trinajstić information content (AvgIpc) is 2.35. The maximum absolute atomic E-state index is 12.7. The first kappa shape index (κ1) is 18.2. The summed E-state index contributed by atoms with van der Waals surface area (Å²) in [5, 5.41) is 3.92. The first-order valence-electron chi connectivity index (χ1n) is 6.76. The molecule has 118 valence electrons. The predicted octanol–water partition coefficient (Wildman–Crippen LogP) is 4.96. The van der Waals surface area contributed by atoms with Gasteiger partial charge in [-0.1, -0.05) is 29.3 Å². The van der Waals surface area contributed by atoms with Crippen molar-refractivity contribution in [3.63, 3.8) is 0 Å². The fourth-order valence-electron chi connectivity index (χ4n) is 1.47. The number of hydrogen-bond acceptors (Lipinski definition) is 5. The Kier molecular flexibility index (Phi) is 6.88. The molecule has 0 aliphatic rings. The molecule has 0 atom stereocenters. The highest BCUT2D eigenvalue weighted by atomic mass is 35.5. The molecule has 5 nitrogen and oxygen atoms in total. The molecule has 0 aliphatic heterocycles. The summed E-state index contributed by atoms with van der Waals surface area (Å²) in [6.45, 7) is 9.02. The summed E-state index contributed by atoms with van der Waals surface area (Å²) < 4.78 is 23.4. The lowest BCUT2D eigenvalue weighted by Gasteiger charge is -2.21. The molecule has 7 heteroatoms. The van der Waals surface area contributed by atoms with E-state index in [9.17, 15) is 4.57 Å². The van der Waals surface area contributed by atoms with Gasteiger partial charge >= 0.3 is 7.60 Å². The van der Waals surface area contributed by atoms with Crippen molar-refractivity contribution in [2.24, 2.45) is 5.10 Å². The molecule has 1 N–H and O–H groups in total. The normalized spacial score (nSPS) is 13.0. The third kappa shape index (κ3) is 6.18. The van der Waals surface area contributed by atoms with Gasteiger partial charge in [-0.25, -0.2) is 0 Å². The molecule has 0 heterocycles. The van der Waals surface area contributed by atoms with Gasteiger partial charge in [0, 0.05) is 0 Å². The number of hydrogen-bond donors (Lipinski definition) is 1. The van der Waals surface area contributed by atoms with Crippen LogP contribution in [0.5, 0.6) is 0 Å². The highest BCUT2D eigenvalue weighted by Gasteiger charge is 2.34. The fourth-order valence-corrected chi connectivity index (χ4v) is 3.25. The molecule has 1 aromatic carbocycles. The number of halogens is 1. The number of aryl methyl sites for hydroxylation is 1. The highest BCUT2D eigenvalue weighted by Crippen LogP contribution is 2.53. The van der Waals surface area contributed by atoms with Gasteiger partial charge in [-0.05, 0) is 46.8 Å². The van der Waals surface area contributed by atoms with E-state index in [-0.39, 0.29) is 17.1 Å². The molecule has 0 spiro atoms. The van der Waals surface area contributed by atoms with Gasteiger partial charge in [0.05, 0.1) is 17.9 Å². The summed E-state index contributed by atoms with van der Waals surface area (Å²) in [6.07, 6.45) is -0.587. The van der Waals surface area contributed by atoms with Crippen molar-refractivity contribution in [3.05, 3.63) is 29.8 Å². The van der Waals surface area contributed by atoms with Gasteiger partial charge in [-0.3, -0.25) is 9.99 Å². The molecule has 1 aromatic rings. The minimum Gasteiger partial charge on any atom is -0.301 e. The topological polar surface area (TPSA) is 59.9 Å². The van der Waals surface area contributed by atoms with Crippen molar-refractivity contribution in [1.29, 1.82) is 0 Å². The Bertz CT molecular complexity index is 516. The van der Waals surface area contributed by atoms with E-state index in [0.29, 0.717) is 0 Å². The Morgan fingerprint density at radius 3 is 2.05 bits per heavy atom. The minimum absolute atomic E-state index is 0.217. The molecular weight excluding hydrogens is 311 g/mol. The van der Waals surface area contributed by atoms with Crippen molar-refractivity contribution in [1.82, 2.24) is 0 Å². The van der Waals surface area contributed by atoms with Crippen LogP contribution in [0.2, 0.25) is 0 Å². The van der Waals surface area contributed by atoms with Crippen LogP contribution in [0.3, 0.4) is 0 Å². The molecule has 0 unspecified atom stereocenters. The molecule has 0 fully saturated rings. The molecule has 0 aromatic heterocycles. The van der Waals surface area contributed by atoms with Crippen LogP contribution in [0.4, 0.5) is 5.69 Å². The van der Waals surface area contributed by atoms with E-state index in [1.54, 1.807) is 27.7 Å². The number of anilines is 1. The van der Waals surface area contributed by atoms with E-state index in [0.717, 1.165) is 11.3 Å². The molecular formula is C14H22ClN2O3P. The van der Waals surface area contributed by atoms with Gasteiger partial charge in [0.2, 0.25) is 4.91 Å². The number of nitrogens with one attached hydrogen (secondary N) is 1. The van der Waals surface area contributed by atoms with E-state index < -0.39 is 7.60 Å². The van der Waals surface area contributed by atoms with Crippen molar-refractivity contribution in [2.45, 2.75) is 46.8 Å². The lowest BCUT2D eigenvalue weighted by molar-refractivity contribution is 0.152. The summed E-state index contributed by atoms with van der Waals surface area (Å²) in [5.74, 6) is 0. The van der Waals surface area contributed by atoms with Gasteiger partial charge in [0.25, 0.3) is 0 Å². The van der Waals surface area contributed by atoms with Crippen LogP contribution >= 0.6 is 19.2 Å². The molecule has 1 rings (SSSR count). The maximum atomic E-state index is 12.7. The highest BCUT2D eigenvalue weighted by molar-refractivity contribution is 7.77. The van der Waals surface area contributed by atoms with E-state index >= 15 is 0 Å². The third-order valence-corrected chi connectivity index (χ3v) is 4.91. The minimum atomic E-state index is -3.62. The van der Waals surface area contributed by atoms with Crippen molar-refractivity contribution < 1.29 is 13.6 Å². The summed E-state index contributed by atoms with van der Waals surface area (Å²) in [7, 11) is -3.62. The lowest BCUT2D eigenvalue weighted by atomic mass is 10.2. The average molecular weight is 333 g/mol. The summed E-state index contributed by atoms with van der Waals surface area (Å²) in [6, 6.07) is 7.56. The largest absolute Gasteiger partial charge is 0.393 e. The van der Waals surface area contributed by atoms with Gasteiger partial charge < -0.3 is 9.05 Å². The maximum Gasteiger partial charge on any atom is 0.393 e. The van der Waals surface area contributed by atoms with Gasteiger partial charge in [0.1, 0.15) is 0 Å². The van der Waals surface area contributed by atoms with Crippen molar-refractivity contribution >= 4 is 29.8 Å². The Morgan fingerprint density at radius 1 is 1.14 bits per heavy atom. The smallest absolute Gasteiger partial charge is 0.301 e. The molecule has 0 amide bonds. The number of benzene rings is 1. The van der Waals surface area contributed by atoms with Crippen LogP contribution in [0.15, 0.2) is 29.4 Å². The van der Waals surface area contributed by atoms with Gasteiger partial charge in [-0.15, -0.1) is 0 Å². The monoisotopic (exact) mass is 332 g/mol. The first-order valence-corrected chi connectivity index (χ1v) is 8.68. The summed E-state index contributed by atoms with van der Waals surface area (Å²) >= 11 is 6.03. The molecule has 0 aliphatic carbocycles. The standard InChI is InChI=1S/C14H22ClN2O3P/c1-10(2)19-21(18,20-11(3)4)14(15)17-16-13-8-6-12(5)7-9-13/h6-11,16H,1-5H3.